The molecular weight excluding hydrogens is 214 g/mol. The summed E-state index contributed by atoms with van der Waals surface area (Å²) in [5.41, 5.74) is 0.723. The van der Waals surface area contributed by atoms with Crippen LogP contribution in [-0.4, -0.2) is 15.7 Å². The van der Waals surface area contributed by atoms with Gasteiger partial charge < -0.3 is 0 Å². The van der Waals surface area contributed by atoms with Gasteiger partial charge in [0.25, 0.3) is 0 Å². The standard InChI is InChI=1S/C16H28B2/c1-4-14(2,3)16(17,18)13-7-11-15(12-8-13)9-5-6-10-15/h13H,4-12H2,1-3H3. The maximum atomic E-state index is 6.54. The summed E-state index contributed by atoms with van der Waals surface area (Å²) in [7, 11) is 13.1. The molecule has 0 unspecified atom stereocenters. The molecule has 0 N–H and O–H groups in total. The molecule has 98 valence electrons. The number of rotatable bonds is 3. The molecule has 2 rings (SSSR count). The Labute approximate surface area is 117 Å². The van der Waals surface area contributed by atoms with Gasteiger partial charge in [0.15, 0.2) is 0 Å². The van der Waals surface area contributed by atoms with Crippen LogP contribution in [0.3, 0.4) is 0 Å². The molecule has 2 aliphatic carbocycles. The van der Waals surface area contributed by atoms with Crippen LogP contribution in [0.5, 0.6) is 0 Å². The largest absolute Gasteiger partial charge is 0.0914 e. The first-order valence-corrected chi connectivity index (χ1v) is 7.91. The molecule has 4 radical (unpaired) electrons. The second-order valence-corrected chi connectivity index (χ2v) is 7.65. The molecule has 2 heteroatoms. The highest BCUT2D eigenvalue weighted by Crippen LogP contribution is 2.58. The van der Waals surface area contributed by atoms with E-state index in [1.165, 1.54) is 51.4 Å². The highest BCUT2D eigenvalue weighted by molar-refractivity contribution is 6.40. The lowest BCUT2D eigenvalue weighted by Crippen LogP contribution is -2.41. The Morgan fingerprint density at radius 3 is 1.94 bits per heavy atom. The molecule has 0 nitrogen and oxygen atoms in total. The molecule has 2 saturated carbocycles. The van der Waals surface area contributed by atoms with Gasteiger partial charge in [0.1, 0.15) is 0 Å². The van der Waals surface area contributed by atoms with E-state index < -0.39 is 5.21 Å². The maximum Gasteiger partial charge on any atom is 0.0631 e. The predicted octanol–water partition coefficient (Wildman–Crippen LogP) is 4.63. The van der Waals surface area contributed by atoms with Gasteiger partial charge in [0.2, 0.25) is 0 Å². The first kappa shape index (κ1) is 14.5. The minimum absolute atomic E-state index is 0.0395. The Hall–Kier alpha value is 0.130. The molecule has 0 aliphatic heterocycles. The second kappa shape index (κ2) is 4.91. The average Bonchev–Trinajstić information content (AvgIpc) is 2.78. The first-order chi connectivity index (χ1) is 8.33. The topological polar surface area (TPSA) is 0 Å². The lowest BCUT2D eigenvalue weighted by molar-refractivity contribution is 0.109. The molecule has 0 aromatic carbocycles. The number of hydrogen-bond donors (Lipinski definition) is 0. The molecule has 0 aromatic heterocycles. The van der Waals surface area contributed by atoms with E-state index in [1.807, 2.05) is 0 Å². The summed E-state index contributed by atoms with van der Waals surface area (Å²) >= 11 is 0. The Kier molecular flexibility index (Phi) is 3.96. The van der Waals surface area contributed by atoms with Gasteiger partial charge in [-0.2, -0.15) is 0 Å². The summed E-state index contributed by atoms with van der Waals surface area (Å²) in [6.07, 6.45) is 12.1. The second-order valence-electron chi connectivity index (χ2n) is 7.65. The van der Waals surface area contributed by atoms with Gasteiger partial charge in [-0.15, -0.1) is 0 Å². The normalized spacial score (nSPS) is 25.7. The fourth-order valence-electron chi connectivity index (χ4n) is 4.19. The van der Waals surface area contributed by atoms with Crippen molar-refractivity contribution in [1.29, 1.82) is 0 Å². The van der Waals surface area contributed by atoms with Gasteiger partial charge in [0.05, 0.1) is 15.7 Å². The molecule has 2 fully saturated rings. The molecule has 0 aromatic rings. The molecule has 0 amide bonds. The van der Waals surface area contributed by atoms with Crippen molar-refractivity contribution in [2.75, 3.05) is 0 Å². The van der Waals surface area contributed by atoms with Crippen molar-refractivity contribution in [3.63, 3.8) is 0 Å². The van der Waals surface area contributed by atoms with Crippen LogP contribution in [0, 0.1) is 16.7 Å². The zero-order chi connectivity index (χ0) is 13.4. The monoisotopic (exact) mass is 242 g/mol. The predicted molar refractivity (Wildman–Crippen MR) is 81.1 cm³/mol. The van der Waals surface area contributed by atoms with Crippen LogP contribution in [0.1, 0.15) is 78.6 Å². The van der Waals surface area contributed by atoms with E-state index in [0.29, 0.717) is 11.3 Å². The van der Waals surface area contributed by atoms with Crippen LogP contribution in [0.25, 0.3) is 0 Å². The van der Waals surface area contributed by atoms with Crippen LogP contribution < -0.4 is 0 Å². The van der Waals surface area contributed by atoms with Crippen molar-refractivity contribution < 1.29 is 0 Å². The van der Waals surface area contributed by atoms with E-state index in [1.54, 1.807) is 0 Å². The van der Waals surface area contributed by atoms with Crippen molar-refractivity contribution in [1.82, 2.24) is 0 Å². The Balaban J connectivity index is 2.00. The van der Waals surface area contributed by atoms with Gasteiger partial charge in [-0.1, -0.05) is 64.0 Å². The third-order valence-electron chi connectivity index (χ3n) is 6.44. The molecule has 0 bridgehead atoms. The fourth-order valence-corrected chi connectivity index (χ4v) is 4.19. The molecule has 0 heterocycles. The van der Waals surface area contributed by atoms with Crippen LogP contribution in [-0.2, 0) is 0 Å². The van der Waals surface area contributed by atoms with Crippen LogP contribution in [0.15, 0.2) is 0 Å². The van der Waals surface area contributed by atoms with Crippen molar-refractivity contribution in [2.24, 2.45) is 16.7 Å². The van der Waals surface area contributed by atoms with Crippen molar-refractivity contribution >= 4 is 15.7 Å². The smallest absolute Gasteiger partial charge is 0.0631 e. The van der Waals surface area contributed by atoms with E-state index in [4.69, 9.17) is 15.7 Å². The summed E-state index contributed by atoms with van der Waals surface area (Å²) in [5, 5.41) is -0.498. The summed E-state index contributed by atoms with van der Waals surface area (Å²) in [4.78, 5) is 0. The summed E-state index contributed by atoms with van der Waals surface area (Å²) in [6.45, 7) is 6.66. The van der Waals surface area contributed by atoms with Gasteiger partial charge >= 0.3 is 0 Å². The minimum Gasteiger partial charge on any atom is -0.0914 e. The third-order valence-corrected chi connectivity index (χ3v) is 6.44. The summed E-state index contributed by atoms with van der Waals surface area (Å²) in [6, 6.07) is 0. The van der Waals surface area contributed by atoms with Crippen molar-refractivity contribution in [3.05, 3.63) is 0 Å². The van der Waals surface area contributed by atoms with Gasteiger partial charge in [-0.05, 0) is 36.5 Å². The van der Waals surface area contributed by atoms with Gasteiger partial charge in [0, 0.05) is 0 Å². The first-order valence-electron chi connectivity index (χ1n) is 7.91. The molecular formula is C16H28B2. The molecule has 0 saturated heterocycles. The molecule has 2 aliphatic rings. The van der Waals surface area contributed by atoms with Crippen molar-refractivity contribution in [2.45, 2.75) is 83.8 Å². The van der Waals surface area contributed by atoms with Crippen LogP contribution >= 0.6 is 0 Å². The maximum absolute atomic E-state index is 6.54. The molecule has 1 spiro atoms. The zero-order valence-corrected chi connectivity index (χ0v) is 12.6. The van der Waals surface area contributed by atoms with Crippen molar-refractivity contribution in [3.8, 4) is 0 Å². The quantitative estimate of drug-likeness (QED) is 0.633. The summed E-state index contributed by atoms with van der Waals surface area (Å²) < 4.78 is 0. The highest BCUT2D eigenvalue weighted by Gasteiger charge is 2.45. The van der Waals surface area contributed by atoms with Crippen LogP contribution in [0.4, 0.5) is 0 Å². The van der Waals surface area contributed by atoms with Gasteiger partial charge in [-0.25, -0.2) is 0 Å². The van der Waals surface area contributed by atoms with E-state index >= 15 is 0 Å². The SMILES string of the molecule is [B]C([B])(C1CCC2(CCCC2)CC1)C(C)(C)CC. The van der Waals surface area contributed by atoms with E-state index in [2.05, 4.69) is 20.8 Å². The lowest BCUT2D eigenvalue weighted by atomic mass is 9.36. The lowest BCUT2D eigenvalue weighted by Gasteiger charge is -2.52. The average molecular weight is 242 g/mol. The zero-order valence-electron chi connectivity index (χ0n) is 12.6. The Bertz CT molecular complexity index is 277. The Morgan fingerprint density at radius 2 is 1.50 bits per heavy atom. The molecule has 18 heavy (non-hydrogen) atoms. The third kappa shape index (κ3) is 2.41. The Morgan fingerprint density at radius 1 is 1.00 bits per heavy atom. The number of hydrogen-bond acceptors (Lipinski definition) is 0. The summed E-state index contributed by atoms with van der Waals surface area (Å²) in [5.74, 6) is 0.513. The van der Waals surface area contributed by atoms with Crippen LogP contribution in [0.2, 0.25) is 5.21 Å². The van der Waals surface area contributed by atoms with Gasteiger partial charge in [-0.3, -0.25) is 0 Å². The fraction of sp³-hybridized carbons (Fsp3) is 1.00. The molecule has 0 atom stereocenters. The minimum atomic E-state index is -0.498. The van der Waals surface area contributed by atoms with E-state index in [9.17, 15) is 0 Å². The van der Waals surface area contributed by atoms with E-state index in [-0.39, 0.29) is 5.41 Å². The van der Waals surface area contributed by atoms with E-state index in [0.717, 1.165) is 6.42 Å². The highest BCUT2D eigenvalue weighted by atomic mass is 14.5.